The summed E-state index contributed by atoms with van der Waals surface area (Å²) in [4.78, 5) is 34.6. The Bertz CT molecular complexity index is 306. The van der Waals surface area contributed by atoms with Gasteiger partial charge in [-0.2, -0.15) is 0 Å². The van der Waals surface area contributed by atoms with Crippen LogP contribution in [0.25, 0.3) is 0 Å². The number of hydrogen-bond donors (Lipinski definition) is 0. The Morgan fingerprint density at radius 3 is 2.33 bits per heavy atom. The molecule has 0 aromatic heterocycles. The molecule has 0 aromatic carbocycles. The van der Waals surface area contributed by atoms with Crippen molar-refractivity contribution in [3.63, 3.8) is 0 Å². The molecule has 0 spiro atoms. The minimum absolute atomic E-state index is 0.0313. The average molecular weight is 210 g/mol. The third-order valence-corrected chi connectivity index (χ3v) is 3.54. The van der Waals surface area contributed by atoms with Gasteiger partial charge in [0.1, 0.15) is 17.3 Å². The topological polar surface area (TPSA) is 51.2 Å². The molecule has 1 fully saturated rings. The van der Waals surface area contributed by atoms with Crippen LogP contribution >= 0.6 is 0 Å². The molecular weight excluding hydrogens is 192 g/mol. The number of carbonyl (C=O) groups is 3. The van der Waals surface area contributed by atoms with Gasteiger partial charge in [0.2, 0.25) is 0 Å². The van der Waals surface area contributed by atoms with Gasteiger partial charge >= 0.3 is 0 Å². The smallest absolute Gasteiger partial charge is 0.146 e. The second-order valence-corrected chi connectivity index (χ2v) is 4.61. The van der Waals surface area contributed by atoms with Gasteiger partial charge in [-0.05, 0) is 32.6 Å². The number of ketones is 3. The largest absolute Gasteiger partial charge is 0.300 e. The maximum absolute atomic E-state index is 11.8. The molecule has 0 aromatic rings. The van der Waals surface area contributed by atoms with Crippen LogP contribution in [-0.2, 0) is 14.4 Å². The van der Waals surface area contributed by atoms with Gasteiger partial charge in [0.05, 0.1) is 5.41 Å². The van der Waals surface area contributed by atoms with Gasteiger partial charge in [-0.1, -0.05) is 6.92 Å². The van der Waals surface area contributed by atoms with E-state index < -0.39 is 5.41 Å². The van der Waals surface area contributed by atoms with Crippen LogP contribution in [-0.4, -0.2) is 17.3 Å². The van der Waals surface area contributed by atoms with E-state index in [4.69, 9.17) is 0 Å². The number of hydrogen-bond acceptors (Lipinski definition) is 3. The highest BCUT2D eigenvalue weighted by Crippen LogP contribution is 2.43. The van der Waals surface area contributed by atoms with Gasteiger partial charge in [-0.3, -0.25) is 9.59 Å². The molecule has 1 saturated carbocycles. The van der Waals surface area contributed by atoms with E-state index in [0.29, 0.717) is 19.3 Å². The summed E-state index contributed by atoms with van der Waals surface area (Å²) in [7, 11) is 0. The lowest BCUT2D eigenvalue weighted by Crippen LogP contribution is -2.40. The van der Waals surface area contributed by atoms with Gasteiger partial charge < -0.3 is 4.79 Å². The van der Waals surface area contributed by atoms with Gasteiger partial charge in [0, 0.05) is 12.8 Å². The first-order chi connectivity index (χ1) is 6.91. The summed E-state index contributed by atoms with van der Waals surface area (Å²) < 4.78 is 0. The molecule has 0 radical (unpaired) electrons. The quantitative estimate of drug-likeness (QED) is 0.666. The van der Waals surface area contributed by atoms with Crippen LogP contribution in [0.5, 0.6) is 0 Å². The Morgan fingerprint density at radius 2 is 2.00 bits per heavy atom. The fourth-order valence-electron chi connectivity index (χ4n) is 2.74. The zero-order valence-electron chi connectivity index (χ0n) is 9.63. The van der Waals surface area contributed by atoms with E-state index in [9.17, 15) is 14.4 Å². The van der Waals surface area contributed by atoms with Crippen LogP contribution in [0.4, 0.5) is 0 Å². The molecule has 0 amide bonds. The van der Waals surface area contributed by atoms with E-state index in [0.717, 1.165) is 6.42 Å². The van der Waals surface area contributed by atoms with Crippen molar-refractivity contribution < 1.29 is 14.4 Å². The molecule has 3 nitrogen and oxygen atoms in total. The first kappa shape index (κ1) is 12.1. The highest BCUT2D eigenvalue weighted by Gasteiger charge is 2.50. The summed E-state index contributed by atoms with van der Waals surface area (Å²) in [6, 6.07) is 0. The minimum Gasteiger partial charge on any atom is -0.300 e. The van der Waals surface area contributed by atoms with Gasteiger partial charge in [-0.15, -0.1) is 0 Å². The summed E-state index contributed by atoms with van der Waals surface area (Å²) in [5, 5.41) is 0. The molecular formula is C12H18O3. The van der Waals surface area contributed by atoms with Crippen molar-refractivity contribution in [2.45, 2.75) is 46.5 Å². The number of rotatable bonds is 4. The van der Waals surface area contributed by atoms with Gasteiger partial charge in [0.15, 0.2) is 0 Å². The lowest BCUT2D eigenvalue weighted by molar-refractivity contribution is -0.141. The SMILES string of the molecule is CC(=O)CC(C)C1(C(C)=O)CCCC1=O. The monoisotopic (exact) mass is 210 g/mol. The standard InChI is InChI=1S/C12H18O3/c1-8(7-9(2)13)12(10(3)14)6-4-5-11(12)15/h8H,4-7H2,1-3H3. The fraction of sp³-hybridized carbons (Fsp3) is 0.750. The van der Waals surface area contributed by atoms with E-state index in [1.165, 1.54) is 13.8 Å². The summed E-state index contributed by atoms with van der Waals surface area (Å²) >= 11 is 0. The molecule has 15 heavy (non-hydrogen) atoms. The van der Waals surface area contributed by atoms with Gasteiger partial charge in [0.25, 0.3) is 0 Å². The molecule has 84 valence electrons. The zero-order valence-corrected chi connectivity index (χ0v) is 9.63. The zero-order chi connectivity index (χ0) is 11.6. The second-order valence-electron chi connectivity index (χ2n) is 4.61. The van der Waals surface area contributed by atoms with Crippen molar-refractivity contribution in [2.24, 2.45) is 11.3 Å². The second kappa shape index (κ2) is 4.25. The number of Topliss-reactive ketones (excluding diaryl/α,β-unsaturated/α-hetero) is 3. The summed E-state index contributed by atoms with van der Waals surface area (Å²) in [5.41, 5.74) is -0.855. The van der Waals surface area contributed by atoms with Crippen LogP contribution in [0.1, 0.15) is 46.5 Å². The van der Waals surface area contributed by atoms with Crippen LogP contribution in [0, 0.1) is 11.3 Å². The average Bonchev–Trinajstić information content (AvgIpc) is 2.46. The Hall–Kier alpha value is -0.990. The van der Waals surface area contributed by atoms with E-state index in [1.54, 1.807) is 0 Å². The lowest BCUT2D eigenvalue weighted by atomic mass is 9.69. The molecule has 3 heteroatoms. The van der Waals surface area contributed by atoms with E-state index in [2.05, 4.69) is 0 Å². The highest BCUT2D eigenvalue weighted by molar-refractivity contribution is 6.08. The summed E-state index contributed by atoms with van der Waals surface area (Å²) in [6.07, 6.45) is 2.21. The summed E-state index contributed by atoms with van der Waals surface area (Å²) in [5.74, 6) is -0.146. The molecule has 1 aliphatic carbocycles. The molecule has 2 unspecified atom stereocenters. The maximum atomic E-state index is 11.8. The van der Waals surface area contributed by atoms with Crippen molar-refractivity contribution in [2.75, 3.05) is 0 Å². The van der Waals surface area contributed by atoms with E-state index >= 15 is 0 Å². The first-order valence-corrected chi connectivity index (χ1v) is 5.45. The molecule has 0 N–H and O–H groups in total. The Morgan fingerprint density at radius 1 is 1.40 bits per heavy atom. The van der Waals surface area contributed by atoms with Crippen LogP contribution in [0.15, 0.2) is 0 Å². The number of carbonyl (C=O) groups excluding carboxylic acids is 3. The van der Waals surface area contributed by atoms with Crippen molar-refractivity contribution >= 4 is 17.3 Å². The molecule has 0 saturated heterocycles. The third-order valence-electron chi connectivity index (χ3n) is 3.54. The normalized spacial score (nSPS) is 27.8. The fourth-order valence-corrected chi connectivity index (χ4v) is 2.74. The van der Waals surface area contributed by atoms with E-state index in [-0.39, 0.29) is 23.3 Å². The maximum Gasteiger partial charge on any atom is 0.146 e. The first-order valence-electron chi connectivity index (χ1n) is 5.45. The molecule has 1 aliphatic rings. The van der Waals surface area contributed by atoms with Crippen LogP contribution < -0.4 is 0 Å². The Kier molecular flexibility index (Phi) is 3.42. The van der Waals surface area contributed by atoms with Crippen molar-refractivity contribution in [3.8, 4) is 0 Å². The Balaban J connectivity index is 2.96. The van der Waals surface area contributed by atoms with Crippen LogP contribution in [0.3, 0.4) is 0 Å². The van der Waals surface area contributed by atoms with Gasteiger partial charge in [-0.25, -0.2) is 0 Å². The van der Waals surface area contributed by atoms with Crippen molar-refractivity contribution in [1.29, 1.82) is 0 Å². The molecule has 0 bridgehead atoms. The lowest BCUT2D eigenvalue weighted by Gasteiger charge is -2.30. The molecule has 0 heterocycles. The molecule has 1 rings (SSSR count). The molecule has 0 aliphatic heterocycles. The summed E-state index contributed by atoms with van der Waals surface area (Å²) in [6.45, 7) is 4.82. The Labute approximate surface area is 90.2 Å². The molecule has 2 atom stereocenters. The van der Waals surface area contributed by atoms with Crippen molar-refractivity contribution in [1.82, 2.24) is 0 Å². The third kappa shape index (κ3) is 2.01. The predicted octanol–water partition coefficient (Wildman–Crippen LogP) is 1.93. The van der Waals surface area contributed by atoms with Crippen LogP contribution in [0.2, 0.25) is 0 Å². The van der Waals surface area contributed by atoms with E-state index in [1.807, 2.05) is 6.92 Å². The predicted molar refractivity (Wildman–Crippen MR) is 56.4 cm³/mol. The van der Waals surface area contributed by atoms with Crippen molar-refractivity contribution in [3.05, 3.63) is 0 Å². The highest BCUT2D eigenvalue weighted by atomic mass is 16.2. The minimum atomic E-state index is -0.855.